The maximum Gasteiger partial charge on any atom is 0.162 e. The molecule has 0 aliphatic heterocycles. The van der Waals surface area contributed by atoms with Crippen molar-refractivity contribution in [3.63, 3.8) is 0 Å². The first kappa shape index (κ1) is 11.4. The molecule has 1 saturated carbocycles. The quantitative estimate of drug-likeness (QED) is 0.813. The highest BCUT2D eigenvalue weighted by molar-refractivity contribution is 5.85. The normalized spacial score (nSPS) is 24.2. The Morgan fingerprint density at radius 2 is 2.07 bits per heavy atom. The van der Waals surface area contributed by atoms with E-state index in [4.69, 9.17) is 5.73 Å². The largest absolute Gasteiger partial charge is 0.330 e. The van der Waals surface area contributed by atoms with Crippen LogP contribution < -0.4 is 5.73 Å². The van der Waals surface area contributed by atoms with Crippen LogP contribution in [0.3, 0.4) is 0 Å². The third kappa shape index (κ3) is 1.88. The molecule has 2 atom stereocenters. The Hall–Kier alpha value is -0.670. The molecule has 0 unspecified atom stereocenters. The summed E-state index contributed by atoms with van der Waals surface area (Å²) in [6.45, 7) is 0.556. The lowest BCUT2D eigenvalue weighted by Gasteiger charge is -2.01. The van der Waals surface area contributed by atoms with E-state index in [1.54, 1.807) is 12.1 Å². The lowest BCUT2D eigenvalue weighted by atomic mass is 10.1. The van der Waals surface area contributed by atoms with E-state index < -0.39 is 11.6 Å². The van der Waals surface area contributed by atoms with Gasteiger partial charge in [-0.3, -0.25) is 0 Å². The van der Waals surface area contributed by atoms with Gasteiger partial charge in [0.1, 0.15) is 0 Å². The standard InChI is InChI=1S/C10H11F2N.ClH/c11-9-3-1-2-7(10(9)12)8-4-6(8)5-13;/h1-3,6,8H,4-5,13H2;1H/t6-,8+;/m1./s1. The summed E-state index contributed by atoms with van der Waals surface area (Å²) in [5, 5.41) is 0. The molecule has 0 saturated heterocycles. The SMILES string of the molecule is Cl.NC[C@H]1C[C@@H]1c1cccc(F)c1F. The summed E-state index contributed by atoms with van der Waals surface area (Å²) in [7, 11) is 0. The van der Waals surface area contributed by atoms with E-state index in [9.17, 15) is 8.78 Å². The van der Waals surface area contributed by atoms with Crippen LogP contribution in [0.2, 0.25) is 0 Å². The average molecular weight is 220 g/mol. The van der Waals surface area contributed by atoms with E-state index in [1.807, 2.05) is 0 Å². The van der Waals surface area contributed by atoms with Gasteiger partial charge in [-0.2, -0.15) is 0 Å². The average Bonchev–Trinajstić information content (AvgIpc) is 2.89. The molecule has 0 heterocycles. The van der Waals surface area contributed by atoms with Crippen LogP contribution in [0.1, 0.15) is 17.9 Å². The van der Waals surface area contributed by atoms with Crippen molar-refractivity contribution >= 4 is 12.4 Å². The van der Waals surface area contributed by atoms with E-state index in [0.717, 1.165) is 12.5 Å². The minimum Gasteiger partial charge on any atom is -0.330 e. The summed E-state index contributed by atoms with van der Waals surface area (Å²) < 4.78 is 26.0. The fourth-order valence-corrected chi connectivity index (χ4v) is 1.70. The second-order valence-corrected chi connectivity index (χ2v) is 3.48. The molecule has 14 heavy (non-hydrogen) atoms. The monoisotopic (exact) mass is 219 g/mol. The zero-order chi connectivity index (χ0) is 9.42. The highest BCUT2D eigenvalue weighted by Crippen LogP contribution is 2.47. The van der Waals surface area contributed by atoms with Crippen LogP contribution >= 0.6 is 12.4 Å². The van der Waals surface area contributed by atoms with Crippen molar-refractivity contribution < 1.29 is 8.78 Å². The van der Waals surface area contributed by atoms with Crippen molar-refractivity contribution in [1.29, 1.82) is 0 Å². The molecule has 0 spiro atoms. The highest BCUT2D eigenvalue weighted by atomic mass is 35.5. The number of hydrogen-bond acceptors (Lipinski definition) is 1. The predicted octanol–water partition coefficient (Wildman–Crippen LogP) is 2.45. The minimum absolute atomic E-state index is 0. The minimum atomic E-state index is -0.764. The zero-order valence-electron chi connectivity index (χ0n) is 7.54. The summed E-state index contributed by atoms with van der Waals surface area (Å²) in [5.41, 5.74) is 5.92. The van der Waals surface area contributed by atoms with Crippen LogP contribution in [0.4, 0.5) is 8.78 Å². The Bertz CT molecular complexity index is 330. The van der Waals surface area contributed by atoms with Gasteiger partial charge in [0.2, 0.25) is 0 Å². The van der Waals surface area contributed by atoms with Crippen LogP contribution in [0, 0.1) is 17.6 Å². The van der Waals surface area contributed by atoms with E-state index in [2.05, 4.69) is 0 Å². The fraction of sp³-hybridized carbons (Fsp3) is 0.400. The van der Waals surface area contributed by atoms with Gasteiger partial charge < -0.3 is 5.73 Å². The van der Waals surface area contributed by atoms with Crippen LogP contribution in [-0.2, 0) is 0 Å². The predicted molar refractivity (Wildman–Crippen MR) is 53.5 cm³/mol. The second kappa shape index (κ2) is 4.24. The molecule has 78 valence electrons. The molecule has 0 bridgehead atoms. The topological polar surface area (TPSA) is 26.0 Å². The van der Waals surface area contributed by atoms with Gasteiger partial charge in [0.15, 0.2) is 11.6 Å². The van der Waals surface area contributed by atoms with Gasteiger partial charge in [-0.25, -0.2) is 8.78 Å². The summed E-state index contributed by atoms with van der Waals surface area (Å²) in [6, 6.07) is 4.32. The molecule has 1 aromatic rings. The van der Waals surface area contributed by atoms with Gasteiger partial charge in [0.05, 0.1) is 0 Å². The van der Waals surface area contributed by atoms with Crippen LogP contribution in [0.5, 0.6) is 0 Å². The lowest BCUT2D eigenvalue weighted by Crippen LogP contribution is -2.03. The first-order valence-corrected chi connectivity index (χ1v) is 4.38. The highest BCUT2D eigenvalue weighted by Gasteiger charge is 2.38. The summed E-state index contributed by atoms with van der Waals surface area (Å²) in [5.74, 6) is -0.986. The van der Waals surface area contributed by atoms with Crippen molar-refractivity contribution in [1.82, 2.24) is 0 Å². The Morgan fingerprint density at radius 1 is 1.36 bits per heavy atom. The molecule has 0 amide bonds. The third-order valence-electron chi connectivity index (χ3n) is 2.61. The van der Waals surface area contributed by atoms with Crippen LogP contribution in [0.25, 0.3) is 0 Å². The molecular formula is C10H12ClF2N. The molecular weight excluding hydrogens is 208 g/mol. The fourth-order valence-electron chi connectivity index (χ4n) is 1.70. The van der Waals surface area contributed by atoms with Gasteiger partial charge in [0, 0.05) is 0 Å². The van der Waals surface area contributed by atoms with Crippen molar-refractivity contribution in [2.24, 2.45) is 11.7 Å². The van der Waals surface area contributed by atoms with E-state index in [0.29, 0.717) is 18.0 Å². The van der Waals surface area contributed by atoms with Gasteiger partial charge in [-0.05, 0) is 36.4 Å². The number of rotatable bonds is 2. The summed E-state index contributed by atoms with van der Waals surface area (Å²) in [6.07, 6.45) is 0.886. The Morgan fingerprint density at radius 3 is 2.64 bits per heavy atom. The van der Waals surface area contributed by atoms with Crippen molar-refractivity contribution in [3.05, 3.63) is 35.4 Å². The number of halogens is 3. The number of benzene rings is 1. The van der Waals surface area contributed by atoms with E-state index >= 15 is 0 Å². The smallest absolute Gasteiger partial charge is 0.162 e. The van der Waals surface area contributed by atoms with Crippen LogP contribution in [0.15, 0.2) is 18.2 Å². The van der Waals surface area contributed by atoms with Crippen molar-refractivity contribution in [3.8, 4) is 0 Å². The zero-order valence-corrected chi connectivity index (χ0v) is 8.36. The molecule has 2 N–H and O–H groups in total. The number of hydrogen-bond donors (Lipinski definition) is 1. The first-order chi connectivity index (χ1) is 6.24. The second-order valence-electron chi connectivity index (χ2n) is 3.48. The molecule has 1 aromatic carbocycles. The molecule has 1 fully saturated rings. The molecule has 0 aromatic heterocycles. The van der Waals surface area contributed by atoms with Crippen LogP contribution in [-0.4, -0.2) is 6.54 Å². The molecule has 2 rings (SSSR count). The molecule has 4 heteroatoms. The number of nitrogens with two attached hydrogens (primary N) is 1. The molecule has 1 aliphatic rings. The Kier molecular flexibility index (Phi) is 3.45. The van der Waals surface area contributed by atoms with E-state index in [-0.39, 0.29) is 18.3 Å². The first-order valence-electron chi connectivity index (χ1n) is 4.38. The Labute approximate surface area is 87.7 Å². The molecule has 0 radical (unpaired) electrons. The maximum absolute atomic E-state index is 13.2. The summed E-state index contributed by atoms with van der Waals surface area (Å²) >= 11 is 0. The summed E-state index contributed by atoms with van der Waals surface area (Å²) in [4.78, 5) is 0. The maximum atomic E-state index is 13.2. The van der Waals surface area contributed by atoms with Gasteiger partial charge in [-0.1, -0.05) is 12.1 Å². The lowest BCUT2D eigenvalue weighted by molar-refractivity contribution is 0.497. The molecule has 1 nitrogen and oxygen atoms in total. The third-order valence-corrected chi connectivity index (χ3v) is 2.61. The van der Waals surface area contributed by atoms with Gasteiger partial charge in [-0.15, -0.1) is 12.4 Å². The van der Waals surface area contributed by atoms with Crippen molar-refractivity contribution in [2.75, 3.05) is 6.54 Å². The van der Waals surface area contributed by atoms with Gasteiger partial charge >= 0.3 is 0 Å². The van der Waals surface area contributed by atoms with Gasteiger partial charge in [0.25, 0.3) is 0 Å². The van der Waals surface area contributed by atoms with Crippen molar-refractivity contribution in [2.45, 2.75) is 12.3 Å². The molecule has 1 aliphatic carbocycles. The van der Waals surface area contributed by atoms with E-state index in [1.165, 1.54) is 0 Å². The Balaban J connectivity index is 0.000000980.